The first-order valence-corrected chi connectivity index (χ1v) is 6.77. The van der Waals surface area contributed by atoms with Crippen molar-refractivity contribution in [1.29, 1.82) is 0 Å². The molecule has 9 heteroatoms. The van der Waals surface area contributed by atoms with Gasteiger partial charge in [-0.05, 0) is 12.8 Å². The van der Waals surface area contributed by atoms with Gasteiger partial charge in [-0.2, -0.15) is 5.10 Å². The third-order valence-electron chi connectivity index (χ3n) is 3.66. The number of nitrogens with zero attached hydrogens (tertiary/aromatic N) is 4. The van der Waals surface area contributed by atoms with Crippen LogP contribution in [-0.2, 0) is 23.0 Å². The van der Waals surface area contributed by atoms with E-state index in [1.165, 1.54) is 0 Å². The Balaban J connectivity index is 1.95. The highest BCUT2D eigenvalue weighted by Crippen LogP contribution is 2.31. The minimum absolute atomic E-state index is 0.0701. The van der Waals surface area contributed by atoms with Gasteiger partial charge in [-0.3, -0.25) is 9.48 Å². The largest absolute Gasteiger partial charge is 0.409 e. The molecule has 0 unspecified atom stereocenters. The molecule has 1 fully saturated rings. The molecule has 9 nitrogen and oxygen atoms in total. The van der Waals surface area contributed by atoms with E-state index in [1.54, 1.807) is 18.1 Å². The van der Waals surface area contributed by atoms with Gasteiger partial charge in [0.1, 0.15) is 11.7 Å². The Kier molecular flexibility index (Phi) is 4.73. The first kappa shape index (κ1) is 15.2. The molecule has 1 aromatic heterocycles. The Morgan fingerprint density at radius 2 is 2.33 bits per heavy atom. The maximum Gasteiger partial charge on any atom is 0.234 e. The highest BCUT2D eigenvalue weighted by atomic mass is 16.5. The number of nitrogens with two attached hydrogens (primary N) is 1. The summed E-state index contributed by atoms with van der Waals surface area (Å²) in [7, 11) is 1.78. The van der Waals surface area contributed by atoms with E-state index in [9.17, 15) is 4.79 Å². The van der Waals surface area contributed by atoms with Crippen LogP contribution in [0.1, 0.15) is 18.7 Å². The van der Waals surface area contributed by atoms with E-state index in [-0.39, 0.29) is 11.7 Å². The predicted molar refractivity (Wildman–Crippen MR) is 73.6 cm³/mol. The lowest BCUT2D eigenvalue weighted by Gasteiger charge is -2.34. The van der Waals surface area contributed by atoms with Crippen LogP contribution in [0.25, 0.3) is 0 Å². The van der Waals surface area contributed by atoms with Crippen LogP contribution >= 0.6 is 0 Å². The molecule has 1 saturated heterocycles. The fourth-order valence-corrected chi connectivity index (χ4v) is 2.37. The van der Waals surface area contributed by atoms with Gasteiger partial charge in [-0.15, -0.1) is 0 Å². The van der Waals surface area contributed by atoms with Crippen molar-refractivity contribution < 1.29 is 14.7 Å². The van der Waals surface area contributed by atoms with Crippen molar-refractivity contribution in [3.63, 3.8) is 0 Å². The molecular formula is C12H20N6O3. The zero-order valence-corrected chi connectivity index (χ0v) is 11.9. The smallest absolute Gasteiger partial charge is 0.234 e. The summed E-state index contributed by atoms with van der Waals surface area (Å²) in [5.41, 5.74) is 4.73. The third kappa shape index (κ3) is 3.30. The molecule has 0 spiro atoms. The van der Waals surface area contributed by atoms with Crippen molar-refractivity contribution in [1.82, 2.24) is 20.1 Å². The minimum atomic E-state index is -0.995. The molecule has 21 heavy (non-hydrogen) atoms. The van der Waals surface area contributed by atoms with E-state index in [1.807, 2.05) is 0 Å². The average molecular weight is 296 g/mol. The number of aryl methyl sites for hydroxylation is 1. The van der Waals surface area contributed by atoms with Crippen LogP contribution < -0.4 is 11.1 Å². The number of carbonyl (C=O) groups is 1. The molecule has 0 aliphatic carbocycles. The summed E-state index contributed by atoms with van der Waals surface area (Å²) in [6.07, 6.45) is 2.93. The molecule has 0 bridgehead atoms. The maximum atomic E-state index is 12.4. The molecule has 4 N–H and O–H groups in total. The Bertz CT molecular complexity index is 521. The second-order valence-corrected chi connectivity index (χ2v) is 5.02. The van der Waals surface area contributed by atoms with Crippen LogP contribution in [0.3, 0.4) is 0 Å². The second kappa shape index (κ2) is 6.53. The SMILES string of the molecule is Cn1cnc(CCNC(=O)C2(C(N)=NO)CCOCC2)n1. The number of hydrogen-bond acceptors (Lipinski definition) is 6. The van der Waals surface area contributed by atoms with Gasteiger partial charge in [0, 0.05) is 33.2 Å². The highest BCUT2D eigenvalue weighted by molar-refractivity contribution is 6.06. The zero-order valence-electron chi connectivity index (χ0n) is 11.9. The summed E-state index contributed by atoms with van der Waals surface area (Å²) in [6, 6.07) is 0. The van der Waals surface area contributed by atoms with E-state index in [0.29, 0.717) is 44.8 Å². The fourth-order valence-electron chi connectivity index (χ4n) is 2.37. The first-order valence-electron chi connectivity index (χ1n) is 6.77. The zero-order chi connectivity index (χ0) is 15.3. The van der Waals surface area contributed by atoms with E-state index in [0.717, 1.165) is 0 Å². The maximum absolute atomic E-state index is 12.4. The lowest BCUT2D eigenvalue weighted by molar-refractivity contribution is -0.131. The van der Waals surface area contributed by atoms with E-state index in [2.05, 4.69) is 20.6 Å². The Hall–Kier alpha value is -2.16. The number of amides is 1. The lowest BCUT2D eigenvalue weighted by atomic mass is 9.78. The molecule has 1 aromatic rings. The van der Waals surface area contributed by atoms with Crippen molar-refractivity contribution >= 4 is 11.7 Å². The quantitative estimate of drug-likeness (QED) is 0.277. The number of aromatic nitrogens is 3. The summed E-state index contributed by atoms with van der Waals surface area (Å²) in [4.78, 5) is 16.5. The van der Waals surface area contributed by atoms with Crippen LogP contribution in [-0.4, -0.2) is 51.5 Å². The van der Waals surface area contributed by atoms with Crippen molar-refractivity contribution in [3.8, 4) is 0 Å². The van der Waals surface area contributed by atoms with Gasteiger partial charge < -0.3 is 21.0 Å². The standard InChI is InChI=1S/C12H20N6O3/c1-18-8-15-9(16-18)2-5-14-11(19)12(10(13)17-20)3-6-21-7-4-12/h8,20H,2-7H2,1H3,(H2,13,17)(H,14,19). The van der Waals surface area contributed by atoms with Gasteiger partial charge in [0.25, 0.3) is 0 Å². The molecule has 1 aliphatic heterocycles. The van der Waals surface area contributed by atoms with Gasteiger partial charge in [0.05, 0.1) is 0 Å². The number of hydrogen-bond donors (Lipinski definition) is 3. The molecule has 116 valence electrons. The summed E-state index contributed by atoms with van der Waals surface area (Å²) < 4.78 is 6.86. The minimum Gasteiger partial charge on any atom is -0.409 e. The summed E-state index contributed by atoms with van der Waals surface area (Å²) in [5, 5.41) is 18.9. The van der Waals surface area contributed by atoms with Gasteiger partial charge in [-0.25, -0.2) is 4.98 Å². The van der Waals surface area contributed by atoms with Crippen LogP contribution in [0.4, 0.5) is 0 Å². The predicted octanol–water partition coefficient (Wildman–Crippen LogP) is -0.983. The Morgan fingerprint density at radius 1 is 1.62 bits per heavy atom. The molecule has 1 amide bonds. The number of oxime groups is 1. The van der Waals surface area contributed by atoms with Crippen LogP contribution in [0.2, 0.25) is 0 Å². The second-order valence-electron chi connectivity index (χ2n) is 5.02. The van der Waals surface area contributed by atoms with Crippen LogP contribution in [0, 0.1) is 5.41 Å². The average Bonchev–Trinajstić information content (AvgIpc) is 2.92. The van der Waals surface area contributed by atoms with Crippen molar-refractivity contribution in [2.24, 2.45) is 23.4 Å². The monoisotopic (exact) mass is 296 g/mol. The van der Waals surface area contributed by atoms with E-state index >= 15 is 0 Å². The Labute approximate surface area is 122 Å². The van der Waals surface area contributed by atoms with E-state index in [4.69, 9.17) is 15.7 Å². The first-order chi connectivity index (χ1) is 10.1. The number of rotatable bonds is 5. The topological polar surface area (TPSA) is 128 Å². The highest BCUT2D eigenvalue weighted by Gasteiger charge is 2.44. The molecule has 2 rings (SSSR count). The molecule has 2 heterocycles. The summed E-state index contributed by atoms with van der Waals surface area (Å²) >= 11 is 0. The van der Waals surface area contributed by atoms with E-state index < -0.39 is 5.41 Å². The lowest BCUT2D eigenvalue weighted by Crippen LogP contribution is -2.53. The molecule has 0 saturated carbocycles. The normalized spacial score (nSPS) is 18.4. The molecule has 0 atom stereocenters. The molecule has 0 aromatic carbocycles. The number of nitrogens with one attached hydrogen (secondary N) is 1. The number of carbonyl (C=O) groups excluding carboxylic acids is 1. The Morgan fingerprint density at radius 3 is 2.90 bits per heavy atom. The number of ether oxygens (including phenoxy) is 1. The molecule has 0 radical (unpaired) electrons. The van der Waals surface area contributed by atoms with Gasteiger partial charge in [-0.1, -0.05) is 5.16 Å². The molecular weight excluding hydrogens is 276 g/mol. The summed E-state index contributed by atoms with van der Waals surface area (Å²) in [6.45, 7) is 1.21. The molecule has 1 aliphatic rings. The summed E-state index contributed by atoms with van der Waals surface area (Å²) in [5.74, 6) is 0.332. The van der Waals surface area contributed by atoms with Gasteiger partial charge in [0.2, 0.25) is 5.91 Å². The third-order valence-corrected chi connectivity index (χ3v) is 3.66. The van der Waals surface area contributed by atoms with Crippen LogP contribution in [0.5, 0.6) is 0 Å². The van der Waals surface area contributed by atoms with Crippen molar-refractivity contribution in [2.75, 3.05) is 19.8 Å². The van der Waals surface area contributed by atoms with Crippen LogP contribution in [0.15, 0.2) is 11.5 Å². The van der Waals surface area contributed by atoms with Crippen molar-refractivity contribution in [2.45, 2.75) is 19.3 Å². The fraction of sp³-hybridized carbons (Fsp3) is 0.667. The van der Waals surface area contributed by atoms with Crippen molar-refractivity contribution in [3.05, 3.63) is 12.2 Å². The number of amidine groups is 1. The van der Waals surface area contributed by atoms with Gasteiger partial charge >= 0.3 is 0 Å². The van der Waals surface area contributed by atoms with Gasteiger partial charge in [0.15, 0.2) is 11.7 Å².